The fraction of sp³-hybridized carbons (Fsp3) is 0.733. The van der Waals surface area contributed by atoms with Crippen LogP contribution in [0, 0.1) is 5.92 Å². The normalized spacial score (nSPS) is 17.9. The van der Waals surface area contributed by atoms with E-state index in [9.17, 15) is 0 Å². The molecule has 1 aliphatic rings. The SMILES string of the molecule is COCC1CCN(CCNCCc2ccsc2)CC1. The van der Waals surface area contributed by atoms with Gasteiger partial charge in [-0.2, -0.15) is 11.3 Å². The summed E-state index contributed by atoms with van der Waals surface area (Å²) < 4.78 is 5.23. The third kappa shape index (κ3) is 5.61. The maximum atomic E-state index is 5.23. The summed E-state index contributed by atoms with van der Waals surface area (Å²) in [7, 11) is 1.81. The van der Waals surface area contributed by atoms with E-state index in [1.165, 1.54) is 38.0 Å². The zero-order valence-electron chi connectivity index (χ0n) is 11.9. The predicted molar refractivity (Wildman–Crippen MR) is 81.9 cm³/mol. The maximum Gasteiger partial charge on any atom is 0.0491 e. The van der Waals surface area contributed by atoms with E-state index in [0.717, 1.165) is 32.0 Å². The van der Waals surface area contributed by atoms with E-state index in [1.807, 2.05) is 7.11 Å². The lowest BCUT2D eigenvalue weighted by molar-refractivity contribution is 0.0999. The van der Waals surface area contributed by atoms with Crippen LogP contribution < -0.4 is 5.32 Å². The van der Waals surface area contributed by atoms with Crippen molar-refractivity contribution in [3.8, 4) is 0 Å². The predicted octanol–water partition coefficient (Wildman–Crippen LogP) is 2.24. The van der Waals surface area contributed by atoms with Gasteiger partial charge in [0.15, 0.2) is 0 Å². The summed E-state index contributed by atoms with van der Waals surface area (Å²) in [6, 6.07) is 2.22. The van der Waals surface area contributed by atoms with Crippen molar-refractivity contribution in [3.05, 3.63) is 22.4 Å². The van der Waals surface area contributed by atoms with Crippen molar-refractivity contribution in [2.75, 3.05) is 46.4 Å². The molecule has 0 spiro atoms. The number of nitrogens with zero attached hydrogens (tertiary/aromatic N) is 1. The highest BCUT2D eigenvalue weighted by Gasteiger charge is 2.18. The maximum absolute atomic E-state index is 5.23. The number of hydrogen-bond donors (Lipinski definition) is 1. The molecule has 0 atom stereocenters. The largest absolute Gasteiger partial charge is 0.384 e. The molecule has 4 heteroatoms. The average molecular weight is 282 g/mol. The van der Waals surface area contributed by atoms with Gasteiger partial charge in [-0.3, -0.25) is 0 Å². The molecule has 19 heavy (non-hydrogen) atoms. The van der Waals surface area contributed by atoms with Crippen molar-refractivity contribution in [3.63, 3.8) is 0 Å². The number of likely N-dealkylation sites (tertiary alicyclic amines) is 1. The highest BCUT2D eigenvalue weighted by molar-refractivity contribution is 7.07. The Kier molecular flexibility index (Phi) is 6.85. The van der Waals surface area contributed by atoms with Gasteiger partial charge in [0.2, 0.25) is 0 Å². The third-order valence-electron chi connectivity index (χ3n) is 3.88. The highest BCUT2D eigenvalue weighted by Crippen LogP contribution is 2.16. The molecule has 0 saturated carbocycles. The van der Waals surface area contributed by atoms with Crippen LogP contribution in [0.3, 0.4) is 0 Å². The topological polar surface area (TPSA) is 24.5 Å². The highest BCUT2D eigenvalue weighted by atomic mass is 32.1. The molecule has 0 aromatic carbocycles. The minimum absolute atomic E-state index is 0.785. The van der Waals surface area contributed by atoms with Crippen LogP contribution >= 0.6 is 11.3 Å². The summed E-state index contributed by atoms with van der Waals surface area (Å²) in [5, 5.41) is 7.94. The van der Waals surface area contributed by atoms with E-state index in [-0.39, 0.29) is 0 Å². The van der Waals surface area contributed by atoms with Gasteiger partial charge in [-0.05, 0) is 67.2 Å². The Bertz CT molecular complexity index is 321. The average Bonchev–Trinajstić information content (AvgIpc) is 2.94. The van der Waals surface area contributed by atoms with Crippen molar-refractivity contribution in [2.45, 2.75) is 19.3 Å². The van der Waals surface area contributed by atoms with Gasteiger partial charge in [-0.1, -0.05) is 0 Å². The second-order valence-electron chi connectivity index (χ2n) is 5.37. The second kappa shape index (κ2) is 8.69. The van der Waals surface area contributed by atoms with E-state index >= 15 is 0 Å². The van der Waals surface area contributed by atoms with Gasteiger partial charge in [-0.15, -0.1) is 0 Å². The molecule has 108 valence electrons. The van der Waals surface area contributed by atoms with E-state index in [4.69, 9.17) is 4.74 Å². The molecular weight excluding hydrogens is 256 g/mol. The number of ether oxygens (including phenoxy) is 1. The molecule has 1 saturated heterocycles. The first-order valence-electron chi connectivity index (χ1n) is 7.31. The smallest absolute Gasteiger partial charge is 0.0491 e. The monoisotopic (exact) mass is 282 g/mol. The number of thiophene rings is 1. The lowest BCUT2D eigenvalue weighted by Crippen LogP contribution is -2.39. The summed E-state index contributed by atoms with van der Waals surface area (Å²) in [6.07, 6.45) is 3.74. The summed E-state index contributed by atoms with van der Waals surface area (Å²) in [6.45, 7) is 6.80. The van der Waals surface area contributed by atoms with Crippen LogP contribution in [0.1, 0.15) is 18.4 Å². The number of methoxy groups -OCH3 is 1. The van der Waals surface area contributed by atoms with Gasteiger partial charge in [0.1, 0.15) is 0 Å². The van der Waals surface area contributed by atoms with Gasteiger partial charge < -0.3 is 15.0 Å². The van der Waals surface area contributed by atoms with Crippen LogP contribution in [0.25, 0.3) is 0 Å². The second-order valence-corrected chi connectivity index (χ2v) is 6.15. The van der Waals surface area contributed by atoms with Crippen LogP contribution in [0.2, 0.25) is 0 Å². The van der Waals surface area contributed by atoms with Crippen molar-refractivity contribution in [2.24, 2.45) is 5.92 Å². The first-order chi connectivity index (χ1) is 9.38. The summed E-state index contributed by atoms with van der Waals surface area (Å²) in [4.78, 5) is 2.57. The van der Waals surface area contributed by atoms with Gasteiger partial charge in [0, 0.05) is 26.8 Å². The third-order valence-corrected chi connectivity index (χ3v) is 4.62. The van der Waals surface area contributed by atoms with E-state index in [1.54, 1.807) is 11.3 Å². The first-order valence-corrected chi connectivity index (χ1v) is 8.26. The van der Waals surface area contributed by atoms with Crippen LogP contribution in [-0.4, -0.2) is 51.3 Å². The van der Waals surface area contributed by atoms with Gasteiger partial charge in [0.05, 0.1) is 0 Å². The minimum atomic E-state index is 0.785. The summed E-state index contributed by atoms with van der Waals surface area (Å²) in [5.74, 6) is 0.785. The molecule has 1 fully saturated rings. The lowest BCUT2D eigenvalue weighted by Gasteiger charge is -2.31. The van der Waals surface area contributed by atoms with Crippen LogP contribution in [-0.2, 0) is 11.2 Å². The Hall–Kier alpha value is -0.420. The molecule has 2 heterocycles. The molecule has 3 nitrogen and oxygen atoms in total. The lowest BCUT2D eigenvalue weighted by atomic mass is 9.98. The van der Waals surface area contributed by atoms with Crippen LogP contribution in [0.15, 0.2) is 16.8 Å². The zero-order valence-corrected chi connectivity index (χ0v) is 12.8. The van der Waals surface area contributed by atoms with Gasteiger partial charge >= 0.3 is 0 Å². The molecule has 1 aromatic heterocycles. The van der Waals surface area contributed by atoms with Crippen molar-refractivity contribution >= 4 is 11.3 Å². The minimum Gasteiger partial charge on any atom is -0.384 e. The summed E-state index contributed by atoms with van der Waals surface area (Å²) >= 11 is 1.78. The van der Waals surface area contributed by atoms with E-state index in [2.05, 4.69) is 27.0 Å². The standard InChI is InChI=1S/C15H26N2OS/c1-18-12-14-3-8-17(9-4-14)10-7-16-6-2-15-5-11-19-13-15/h5,11,13-14,16H,2-4,6-10,12H2,1H3. The molecule has 0 radical (unpaired) electrons. The van der Waals surface area contributed by atoms with Crippen molar-refractivity contribution < 1.29 is 4.74 Å². The van der Waals surface area contributed by atoms with Crippen molar-refractivity contribution in [1.82, 2.24) is 10.2 Å². The quantitative estimate of drug-likeness (QED) is 0.740. The number of nitrogens with one attached hydrogen (secondary N) is 1. The zero-order chi connectivity index (χ0) is 13.3. The molecule has 2 rings (SSSR count). The fourth-order valence-electron chi connectivity index (χ4n) is 2.64. The van der Waals surface area contributed by atoms with Crippen molar-refractivity contribution in [1.29, 1.82) is 0 Å². The Morgan fingerprint density at radius 2 is 2.21 bits per heavy atom. The molecule has 0 unspecified atom stereocenters. The molecule has 1 N–H and O–H groups in total. The molecule has 1 aliphatic heterocycles. The summed E-state index contributed by atoms with van der Waals surface area (Å²) in [5.41, 5.74) is 1.46. The van der Waals surface area contributed by atoms with E-state index in [0.29, 0.717) is 0 Å². The molecule has 0 bridgehead atoms. The molecule has 0 aliphatic carbocycles. The van der Waals surface area contributed by atoms with Gasteiger partial charge in [-0.25, -0.2) is 0 Å². The molecule has 0 amide bonds. The first kappa shape index (κ1) is 15.0. The number of hydrogen-bond acceptors (Lipinski definition) is 4. The van der Waals surface area contributed by atoms with Gasteiger partial charge in [0.25, 0.3) is 0 Å². The Labute approximate surface area is 121 Å². The molecular formula is C15H26N2OS. The fourth-order valence-corrected chi connectivity index (χ4v) is 3.35. The number of piperidine rings is 1. The Balaban J connectivity index is 1.48. The number of rotatable bonds is 8. The Morgan fingerprint density at radius 3 is 2.89 bits per heavy atom. The molecule has 1 aromatic rings. The van der Waals surface area contributed by atoms with E-state index < -0.39 is 0 Å². The van der Waals surface area contributed by atoms with Crippen LogP contribution in [0.4, 0.5) is 0 Å². The van der Waals surface area contributed by atoms with Crippen LogP contribution in [0.5, 0.6) is 0 Å². The Morgan fingerprint density at radius 1 is 1.37 bits per heavy atom.